The number of aryl methyl sites for hydroxylation is 1. The van der Waals surface area contributed by atoms with Crippen molar-refractivity contribution in [2.75, 3.05) is 6.54 Å². The quantitative estimate of drug-likeness (QED) is 0.904. The van der Waals surface area contributed by atoms with Crippen molar-refractivity contribution in [1.29, 1.82) is 0 Å². The summed E-state index contributed by atoms with van der Waals surface area (Å²) in [6.45, 7) is 3.71. The van der Waals surface area contributed by atoms with E-state index < -0.39 is 17.9 Å². The van der Waals surface area contributed by atoms with Crippen molar-refractivity contribution < 1.29 is 23.6 Å². The third-order valence-electron chi connectivity index (χ3n) is 3.81. The molecule has 0 aliphatic carbocycles. The van der Waals surface area contributed by atoms with Gasteiger partial charge in [-0.05, 0) is 19.9 Å². The predicted octanol–water partition coefficient (Wildman–Crippen LogP) is 1.71. The lowest BCUT2D eigenvalue weighted by atomic mass is 9.98. The van der Waals surface area contributed by atoms with Crippen LogP contribution in [0.15, 0.2) is 21.3 Å². The van der Waals surface area contributed by atoms with Gasteiger partial charge in [0.15, 0.2) is 6.04 Å². The van der Waals surface area contributed by atoms with Crippen molar-refractivity contribution in [2.45, 2.75) is 26.3 Å². The Kier molecular flexibility index (Phi) is 3.04. The minimum absolute atomic E-state index is 0.0886. The number of hydrogen-bond acceptors (Lipinski definition) is 5. The highest BCUT2D eigenvalue weighted by atomic mass is 16.5. The monoisotopic (exact) mass is 290 g/mol. The maximum Gasteiger partial charge on any atom is 0.331 e. The molecule has 1 amide bonds. The molecular weight excluding hydrogens is 276 g/mol. The molecule has 1 atom stereocenters. The SMILES string of the molecule is Cc1noc(C(=O)N2CCc3occc3C2C(=O)O)c1C. The molecule has 3 rings (SSSR count). The summed E-state index contributed by atoms with van der Waals surface area (Å²) in [5.74, 6) is -0.866. The molecule has 0 radical (unpaired) electrons. The van der Waals surface area contributed by atoms with Gasteiger partial charge >= 0.3 is 5.97 Å². The first-order valence-electron chi connectivity index (χ1n) is 6.53. The number of nitrogens with zero attached hydrogens (tertiary/aromatic N) is 2. The van der Waals surface area contributed by atoms with Crippen LogP contribution in [0.25, 0.3) is 0 Å². The standard InChI is InChI=1S/C14H14N2O5/c1-7-8(2)15-21-12(7)13(17)16-5-3-10-9(4-6-20-10)11(16)14(18)19/h4,6,11H,3,5H2,1-2H3,(H,18,19). The zero-order valence-corrected chi connectivity index (χ0v) is 11.6. The Morgan fingerprint density at radius 2 is 2.19 bits per heavy atom. The van der Waals surface area contributed by atoms with Gasteiger partial charge in [0, 0.05) is 24.1 Å². The van der Waals surface area contributed by atoms with Crippen molar-refractivity contribution in [3.8, 4) is 0 Å². The molecule has 0 saturated carbocycles. The molecule has 7 nitrogen and oxygen atoms in total. The number of amides is 1. The van der Waals surface area contributed by atoms with Crippen LogP contribution in [0.4, 0.5) is 0 Å². The van der Waals surface area contributed by atoms with Crippen LogP contribution in [0.3, 0.4) is 0 Å². The van der Waals surface area contributed by atoms with Gasteiger partial charge in [-0.25, -0.2) is 4.79 Å². The van der Waals surface area contributed by atoms with E-state index in [4.69, 9.17) is 8.94 Å². The summed E-state index contributed by atoms with van der Waals surface area (Å²) in [7, 11) is 0. The van der Waals surface area contributed by atoms with Gasteiger partial charge in [-0.1, -0.05) is 5.16 Å². The van der Waals surface area contributed by atoms with Crippen LogP contribution in [-0.4, -0.2) is 33.6 Å². The number of carbonyl (C=O) groups excluding carboxylic acids is 1. The lowest BCUT2D eigenvalue weighted by molar-refractivity contribution is -0.143. The Bertz CT molecular complexity index is 715. The van der Waals surface area contributed by atoms with Crippen molar-refractivity contribution in [2.24, 2.45) is 0 Å². The topological polar surface area (TPSA) is 96.8 Å². The van der Waals surface area contributed by atoms with Crippen molar-refractivity contribution in [1.82, 2.24) is 10.1 Å². The average Bonchev–Trinajstić information content (AvgIpc) is 3.04. The number of aliphatic carboxylic acids is 1. The molecule has 2 aromatic heterocycles. The first-order chi connectivity index (χ1) is 10.0. The van der Waals surface area contributed by atoms with Crippen LogP contribution in [0.1, 0.15) is 39.2 Å². The Morgan fingerprint density at radius 3 is 2.81 bits per heavy atom. The average molecular weight is 290 g/mol. The van der Waals surface area contributed by atoms with Gasteiger partial charge < -0.3 is 18.9 Å². The van der Waals surface area contributed by atoms with E-state index in [-0.39, 0.29) is 12.3 Å². The molecule has 110 valence electrons. The second-order valence-electron chi connectivity index (χ2n) is 5.01. The number of aromatic nitrogens is 1. The fraction of sp³-hybridized carbons (Fsp3) is 0.357. The summed E-state index contributed by atoms with van der Waals surface area (Å²) < 4.78 is 10.3. The van der Waals surface area contributed by atoms with Crippen molar-refractivity contribution in [3.63, 3.8) is 0 Å². The highest BCUT2D eigenvalue weighted by Gasteiger charge is 2.39. The Morgan fingerprint density at radius 1 is 1.43 bits per heavy atom. The number of carboxylic acid groups (broad SMARTS) is 1. The van der Waals surface area contributed by atoms with E-state index in [1.165, 1.54) is 11.2 Å². The molecule has 1 N–H and O–H groups in total. The second-order valence-corrected chi connectivity index (χ2v) is 5.01. The second kappa shape index (κ2) is 4.76. The number of furan rings is 1. The normalized spacial score (nSPS) is 17.6. The number of carboxylic acids is 1. The van der Waals surface area contributed by atoms with E-state index >= 15 is 0 Å². The third kappa shape index (κ3) is 2.01. The first-order valence-corrected chi connectivity index (χ1v) is 6.53. The van der Waals surface area contributed by atoms with Crippen LogP contribution < -0.4 is 0 Å². The van der Waals surface area contributed by atoms with E-state index in [1.807, 2.05) is 0 Å². The largest absolute Gasteiger partial charge is 0.479 e. The summed E-state index contributed by atoms with van der Waals surface area (Å²) in [4.78, 5) is 25.4. The lowest BCUT2D eigenvalue weighted by Gasteiger charge is -2.31. The van der Waals surface area contributed by atoms with Crippen LogP contribution in [0.5, 0.6) is 0 Å². The molecule has 0 bridgehead atoms. The third-order valence-corrected chi connectivity index (χ3v) is 3.81. The molecule has 1 aliphatic rings. The zero-order valence-electron chi connectivity index (χ0n) is 11.6. The van der Waals surface area contributed by atoms with Crippen LogP contribution in [0.2, 0.25) is 0 Å². The van der Waals surface area contributed by atoms with Gasteiger partial charge in [0.05, 0.1) is 12.0 Å². The van der Waals surface area contributed by atoms with E-state index in [0.717, 1.165) is 0 Å². The molecule has 1 unspecified atom stereocenters. The molecule has 21 heavy (non-hydrogen) atoms. The van der Waals surface area contributed by atoms with Gasteiger partial charge in [-0.3, -0.25) is 4.79 Å². The van der Waals surface area contributed by atoms with E-state index in [9.17, 15) is 14.7 Å². The number of hydrogen-bond donors (Lipinski definition) is 1. The van der Waals surface area contributed by atoms with Gasteiger partial charge in [0.2, 0.25) is 5.76 Å². The first kappa shape index (κ1) is 13.4. The summed E-state index contributed by atoms with van der Waals surface area (Å²) in [5, 5.41) is 13.2. The minimum Gasteiger partial charge on any atom is -0.479 e. The number of fused-ring (bicyclic) bond motifs is 1. The maximum atomic E-state index is 12.6. The summed E-state index contributed by atoms with van der Waals surface area (Å²) in [6.07, 6.45) is 1.92. The summed E-state index contributed by atoms with van der Waals surface area (Å²) in [6, 6.07) is 0.524. The van der Waals surface area contributed by atoms with E-state index in [0.29, 0.717) is 29.0 Å². The highest BCUT2D eigenvalue weighted by molar-refractivity contribution is 5.96. The van der Waals surface area contributed by atoms with Gasteiger partial charge in [0.1, 0.15) is 5.76 Å². The molecule has 0 saturated heterocycles. The predicted molar refractivity (Wildman–Crippen MR) is 69.8 cm³/mol. The molecular formula is C14H14N2O5. The molecule has 0 aromatic carbocycles. The smallest absolute Gasteiger partial charge is 0.331 e. The van der Waals surface area contributed by atoms with E-state index in [2.05, 4.69) is 5.16 Å². The number of carbonyl (C=O) groups is 2. The van der Waals surface area contributed by atoms with Crippen LogP contribution in [-0.2, 0) is 11.2 Å². The van der Waals surface area contributed by atoms with E-state index in [1.54, 1.807) is 19.9 Å². The maximum absolute atomic E-state index is 12.6. The molecule has 0 spiro atoms. The fourth-order valence-electron chi connectivity index (χ4n) is 2.55. The summed E-state index contributed by atoms with van der Waals surface area (Å²) in [5.41, 5.74) is 1.75. The minimum atomic E-state index is -1.10. The fourth-order valence-corrected chi connectivity index (χ4v) is 2.55. The molecule has 7 heteroatoms. The Labute approximate surface area is 120 Å². The zero-order chi connectivity index (χ0) is 15.1. The molecule has 1 aliphatic heterocycles. The highest BCUT2D eigenvalue weighted by Crippen LogP contribution is 2.32. The van der Waals surface area contributed by atoms with Gasteiger partial charge in [-0.2, -0.15) is 0 Å². The van der Waals surface area contributed by atoms with Crippen LogP contribution in [0, 0.1) is 13.8 Å². The van der Waals surface area contributed by atoms with Gasteiger partial charge in [-0.15, -0.1) is 0 Å². The van der Waals surface area contributed by atoms with Crippen molar-refractivity contribution in [3.05, 3.63) is 40.7 Å². The van der Waals surface area contributed by atoms with Crippen LogP contribution >= 0.6 is 0 Å². The molecule has 0 fully saturated rings. The van der Waals surface area contributed by atoms with Gasteiger partial charge in [0.25, 0.3) is 5.91 Å². The molecule has 2 aromatic rings. The Balaban J connectivity index is 2.00. The molecule has 3 heterocycles. The van der Waals surface area contributed by atoms with Crippen molar-refractivity contribution >= 4 is 11.9 Å². The lowest BCUT2D eigenvalue weighted by Crippen LogP contribution is -2.43. The number of rotatable bonds is 2. The Hall–Kier alpha value is -2.57. The summed E-state index contributed by atoms with van der Waals surface area (Å²) >= 11 is 0.